The van der Waals surface area contributed by atoms with Gasteiger partial charge in [0.25, 0.3) is 11.6 Å². The third-order valence-corrected chi connectivity index (χ3v) is 3.14. The van der Waals surface area contributed by atoms with E-state index in [2.05, 4.69) is 10.3 Å². The summed E-state index contributed by atoms with van der Waals surface area (Å²) in [6.07, 6.45) is 1.08. The second-order valence-corrected chi connectivity index (χ2v) is 4.83. The lowest BCUT2D eigenvalue weighted by molar-refractivity contribution is -0.384. The minimum atomic E-state index is -1.08. The van der Waals surface area contributed by atoms with E-state index in [1.165, 1.54) is 0 Å². The summed E-state index contributed by atoms with van der Waals surface area (Å²) in [5.74, 6) is -1.46. The summed E-state index contributed by atoms with van der Waals surface area (Å²) >= 11 is 5.76. The second-order valence-electron chi connectivity index (χ2n) is 4.39. The van der Waals surface area contributed by atoms with Crippen molar-refractivity contribution >= 4 is 29.1 Å². The SMILES string of the molecule is NC(=O)[C@H](NC(=O)c1cc([N+](=O)[O-])c[nH]1)c1ccc(Cl)cc1. The summed E-state index contributed by atoms with van der Waals surface area (Å²) < 4.78 is 0. The molecule has 0 aliphatic heterocycles. The fourth-order valence-electron chi connectivity index (χ4n) is 1.80. The zero-order valence-electron chi connectivity index (χ0n) is 11.1. The Morgan fingerprint density at radius 3 is 2.45 bits per heavy atom. The molecule has 0 spiro atoms. The molecule has 9 heteroatoms. The first kappa shape index (κ1) is 15.5. The Morgan fingerprint density at radius 2 is 1.95 bits per heavy atom. The van der Waals surface area contributed by atoms with Gasteiger partial charge in [0, 0.05) is 11.1 Å². The minimum absolute atomic E-state index is 0.0492. The molecule has 4 N–H and O–H groups in total. The molecular formula is C13H11ClN4O4. The number of H-pyrrole nitrogens is 1. The highest BCUT2D eigenvalue weighted by Crippen LogP contribution is 2.18. The normalized spacial score (nSPS) is 11.7. The van der Waals surface area contributed by atoms with Crippen LogP contribution in [-0.4, -0.2) is 21.7 Å². The van der Waals surface area contributed by atoms with Crippen molar-refractivity contribution in [3.63, 3.8) is 0 Å². The van der Waals surface area contributed by atoms with Gasteiger partial charge in [0.05, 0.1) is 11.1 Å². The molecule has 0 aliphatic carbocycles. The molecular weight excluding hydrogens is 312 g/mol. The maximum Gasteiger partial charge on any atom is 0.287 e. The number of aromatic nitrogens is 1. The summed E-state index contributed by atoms with van der Waals surface area (Å²) in [4.78, 5) is 36.0. The lowest BCUT2D eigenvalue weighted by Crippen LogP contribution is -2.37. The van der Waals surface area contributed by atoms with Gasteiger partial charge in [-0.05, 0) is 17.7 Å². The number of hydrogen-bond donors (Lipinski definition) is 3. The van der Waals surface area contributed by atoms with Gasteiger partial charge in [-0.15, -0.1) is 0 Å². The van der Waals surface area contributed by atoms with Crippen molar-refractivity contribution in [3.8, 4) is 0 Å². The topological polar surface area (TPSA) is 131 Å². The van der Waals surface area contributed by atoms with Gasteiger partial charge >= 0.3 is 0 Å². The molecule has 1 heterocycles. The molecule has 1 aromatic carbocycles. The van der Waals surface area contributed by atoms with Crippen LogP contribution in [0.5, 0.6) is 0 Å². The molecule has 1 aromatic heterocycles. The van der Waals surface area contributed by atoms with Crippen LogP contribution in [0.1, 0.15) is 22.1 Å². The van der Waals surface area contributed by atoms with Crippen LogP contribution < -0.4 is 11.1 Å². The third-order valence-electron chi connectivity index (χ3n) is 2.89. The van der Waals surface area contributed by atoms with Crippen molar-refractivity contribution in [3.05, 3.63) is 62.9 Å². The number of halogens is 1. The number of carbonyl (C=O) groups is 2. The van der Waals surface area contributed by atoms with E-state index in [4.69, 9.17) is 17.3 Å². The Labute approximate surface area is 129 Å². The van der Waals surface area contributed by atoms with Crippen molar-refractivity contribution in [1.82, 2.24) is 10.3 Å². The van der Waals surface area contributed by atoms with Gasteiger partial charge in [-0.1, -0.05) is 23.7 Å². The molecule has 0 aliphatic rings. The Balaban J connectivity index is 2.20. The fourth-order valence-corrected chi connectivity index (χ4v) is 1.93. The van der Waals surface area contributed by atoms with E-state index >= 15 is 0 Å². The molecule has 1 atom stereocenters. The number of primary amides is 1. The van der Waals surface area contributed by atoms with Crippen LogP contribution in [0.25, 0.3) is 0 Å². The summed E-state index contributed by atoms with van der Waals surface area (Å²) in [6.45, 7) is 0. The van der Waals surface area contributed by atoms with Crippen LogP contribution in [0.2, 0.25) is 5.02 Å². The van der Waals surface area contributed by atoms with Crippen LogP contribution in [-0.2, 0) is 4.79 Å². The number of benzene rings is 1. The quantitative estimate of drug-likeness (QED) is 0.569. The number of nitrogens with one attached hydrogen (secondary N) is 2. The number of hydrogen-bond acceptors (Lipinski definition) is 4. The summed E-state index contributed by atoms with van der Waals surface area (Å²) in [5.41, 5.74) is 5.43. The van der Waals surface area contributed by atoms with Gasteiger partial charge in [-0.2, -0.15) is 0 Å². The molecule has 2 amide bonds. The van der Waals surface area contributed by atoms with E-state index in [9.17, 15) is 19.7 Å². The zero-order chi connectivity index (χ0) is 16.3. The molecule has 2 aromatic rings. The number of rotatable bonds is 5. The van der Waals surface area contributed by atoms with Crippen molar-refractivity contribution in [2.75, 3.05) is 0 Å². The number of nitrogens with two attached hydrogens (primary N) is 1. The first-order valence-corrected chi connectivity index (χ1v) is 6.44. The van der Waals surface area contributed by atoms with E-state index in [0.717, 1.165) is 12.3 Å². The van der Waals surface area contributed by atoms with Crippen LogP contribution in [0.3, 0.4) is 0 Å². The molecule has 0 saturated heterocycles. The van der Waals surface area contributed by atoms with Crippen molar-refractivity contribution < 1.29 is 14.5 Å². The second kappa shape index (κ2) is 6.27. The van der Waals surface area contributed by atoms with Crippen LogP contribution in [0, 0.1) is 10.1 Å². The highest BCUT2D eigenvalue weighted by Gasteiger charge is 2.22. The standard InChI is InChI=1S/C13H11ClN4O4/c14-8-3-1-7(2-4-8)11(12(15)19)17-13(20)10-5-9(6-16-10)18(21)22/h1-6,11,16H,(H2,15,19)(H,17,20)/t11-/m1/s1. The maximum absolute atomic E-state index is 12.0. The van der Waals surface area contributed by atoms with Gasteiger partial charge in [0.2, 0.25) is 5.91 Å². The van der Waals surface area contributed by atoms with Gasteiger partial charge < -0.3 is 16.0 Å². The Hall–Kier alpha value is -2.87. The van der Waals surface area contributed by atoms with Crippen LogP contribution in [0.15, 0.2) is 36.5 Å². The van der Waals surface area contributed by atoms with Crippen molar-refractivity contribution in [1.29, 1.82) is 0 Å². The minimum Gasteiger partial charge on any atom is -0.368 e. The van der Waals surface area contributed by atoms with Crippen LogP contribution >= 0.6 is 11.6 Å². The predicted octanol–water partition coefficient (Wildman–Crippen LogP) is 1.53. The first-order valence-electron chi connectivity index (χ1n) is 6.07. The number of nitro groups is 1. The van der Waals surface area contributed by atoms with Crippen LogP contribution in [0.4, 0.5) is 5.69 Å². The molecule has 0 radical (unpaired) electrons. The molecule has 0 fully saturated rings. The zero-order valence-corrected chi connectivity index (χ0v) is 11.8. The molecule has 2 rings (SSSR count). The molecule has 8 nitrogen and oxygen atoms in total. The van der Waals surface area contributed by atoms with Gasteiger partial charge in [-0.25, -0.2) is 0 Å². The number of nitrogens with zero attached hydrogens (tertiary/aromatic N) is 1. The summed E-state index contributed by atoms with van der Waals surface area (Å²) in [5, 5.41) is 13.5. The van der Waals surface area contributed by atoms with E-state index in [1.54, 1.807) is 24.3 Å². The summed E-state index contributed by atoms with van der Waals surface area (Å²) in [6, 6.07) is 6.20. The monoisotopic (exact) mass is 322 g/mol. The fraction of sp³-hybridized carbons (Fsp3) is 0.0769. The molecule has 114 valence electrons. The Bertz CT molecular complexity index is 726. The Kier molecular flexibility index (Phi) is 4.42. The van der Waals surface area contributed by atoms with Crippen molar-refractivity contribution in [2.24, 2.45) is 5.73 Å². The van der Waals surface area contributed by atoms with Gasteiger partial charge in [0.1, 0.15) is 11.7 Å². The third kappa shape index (κ3) is 3.41. The van der Waals surface area contributed by atoms with Gasteiger partial charge in [-0.3, -0.25) is 19.7 Å². The molecule has 0 saturated carbocycles. The van der Waals surface area contributed by atoms with E-state index in [-0.39, 0.29) is 11.4 Å². The Morgan fingerprint density at radius 1 is 1.32 bits per heavy atom. The average molecular weight is 323 g/mol. The predicted molar refractivity (Wildman–Crippen MR) is 78.3 cm³/mol. The average Bonchev–Trinajstić information content (AvgIpc) is 2.95. The van der Waals surface area contributed by atoms with Crippen molar-refractivity contribution in [2.45, 2.75) is 6.04 Å². The largest absolute Gasteiger partial charge is 0.368 e. The smallest absolute Gasteiger partial charge is 0.287 e. The lowest BCUT2D eigenvalue weighted by Gasteiger charge is -2.15. The first-order chi connectivity index (χ1) is 10.4. The van der Waals surface area contributed by atoms with E-state index < -0.39 is 22.8 Å². The summed E-state index contributed by atoms with van der Waals surface area (Å²) in [7, 11) is 0. The molecule has 0 bridgehead atoms. The van der Waals surface area contributed by atoms with Gasteiger partial charge in [0.15, 0.2) is 0 Å². The molecule has 22 heavy (non-hydrogen) atoms. The maximum atomic E-state index is 12.0. The highest BCUT2D eigenvalue weighted by atomic mass is 35.5. The number of amides is 2. The van der Waals surface area contributed by atoms with E-state index in [0.29, 0.717) is 10.6 Å². The highest BCUT2D eigenvalue weighted by molar-refractivity contribution is 6.30. The molecule has 0 unspecified atom stereocenters. The lowest BCUT2D eigenvalue weighted by atomic mass is 10.1. The van der Waals surface area contributed by atoms with E-state index in [1.807, 2.05) is 0 Å². The number of carbonyl (C=O) groups excluding carboxylic acids is 2. The number of aromatic amines is 1.